The third kappa shape index (κ3) is 4.44. The normalized spacial score (nSPS) is 11.6. The largest absolute Gasteiger partial charge is 0.489 e. The van der Waals surface area contributed by atoms with E-state index in [1.807, 2.05) is 13.8 Å². The van der Waals surface area contributed by atoms with E-state index >= 15 is 0 Å². The average molecular weight is 278 g/mol. The summed E-state index contributed by atoms with van der Waals surface area (Å²) in [5.41, 5.74) is 0.438. The van der Waals surface area contributed by atoms with Crippen molar-refractivity contribution >= 4 is 27.3 Å². The summed E-state index contributed by atoms with van der Waals surface area (Å²) in [6.45, 7) is 5.36. The van der Waals surface area contributed by atoms with E-state index in [-0.39, 0.29) is 11.9 Å². The Morgan fingerprint density at radius 3 is 2.53 bits per heavy atom. The predicted octanol–water partition coefficient (Wildman–Crippen LogP) is 2.89. The second kappa shape index (κ2) is 5.60. The molecule has 0 aliphatic carbocycles. The quantitative estimate of drug-likeness (QED) is 0.900. The van der Waals surface area contributed by atoms with Crippen LogP contribution in [0.15, 0.2) is 18.2 Å². The minimum absolute atomic E-state index is 0.0192. The first-order valence-corrected chi connectivity index (χ1v) is 7.34. The number of nitrogens with one attached hydrogen (secondary N) is 1. The lowest BCUT2D eigenvalue weighted by Crippen LogP contribution is -2.14. The number of hydrogen-bond acceptors (Lipinski definition) is 3. The van der Waals surface area contributed by atoms with Gasteiger partial charge in [0.15, 0.2) is 0 Å². The molecule has 4 nitrogen and oxygen atoms in total. The lowest BCUT2D eigenvalue weighted by molar-refractivity contribution is 0.242. The maximum absolute atomic E-state index is 11.4. The van der Waals surface area contributed by atoms with Crippen molar-refractivity contribution in [3.8, 4) is 5.75 Å². The van der Waals surface area contributed by atoms with E-state index in [0.717, 1.165) is 0 Å². The summed E-state index contributed by atoms with van der Waals surface area (Å²) in [7, 11) is -3.27. The number of hydrogen-bond donors (Lipinski definition) is 1. The van der Waals surface area contributed by atoms with E-state index < -0.39 is 10.0 Å². The molecule has 0 atom stereocenters. The first-order chi connectivity index (χ1) is 7.84. The van der Waals surface area contributed by atoms with E-state index in [9.17, 15) is 8.42 Å². The molecule has 1 rings (SSSR count). The van der Waals surface area contributed by atoms with E-state index in [1.165, 1.54) is 6.07 Å². The Kier molecular flexibility index (Phi) is 4.65. The molecule has 0 heterocycles. The molecule has 0 saturated heterocycles. The Labute approximate surface area is 107 Å². The monoisotopic (exact) mass is 277 g/mol. The topological polar surface area (TPSA) is 55.4 Å². The fourth-order valence-electron chi connectivity index (χ4n) is 1.17. The van der Waals surface area contributed by atoms with Crippen LogP contribution in [0.1, 0.15) is 20.8 Å². The van der Waals surface area contributed by atoms with Crippen LogP contribution in [0.4, 0.5) is 5.69 Å². The molecule has 1 N–H and O–H groups in total. The highest BCUT2D eigenvalue weighted by Crippen LogP contribution is 2.28. The van der Waals surface area contributed by atoms with Crippen molar-refractivity contribution in [3.05, 3.63) is 23.2 Å². The summed E-state index contributed by atoms with van der Waals surface area (Å²) in [5, 5.41) is 0.384. The van der Waals surface area contributed by atoms with Crippen LogP contribution in [0.2, 0.25) is 5.02 Å². The third-order valence-corrected chi connectivity index (χ3v) is 3.55. The maximum Gasteiger partial charge on any atom is 0.232 e. The van der Waals surface area contributed by atoms with Crippen molar-refractivity contribution in [1.29, 1.82) is 0 Å². The summed E-state index contributed by atoms with van der Waals surface area (Å²) in [4.78, 5) is 0. The van der Waals surface area contributed by atoms with Crippen molar-refractivity contribution in [2.45, 2.75) is 26.9 Å². The van der Waals surface area contributed by atoms with Gasteiger partial charge in [-0.2, -0.15) is 0 Å². The van der Waals surface area contributed by atoms with Gasteiger partial charge in [0.1, 0.15) is 5.75 Å². The molecule has 1 aromatic rings. The number of rotatable bonds is 5. The average Bonchev–Trinajstić information content (AvgIpc) is 2.21. The van der Waals surface area contributed by atoms with Gasteiger partial charge in [0.25, 0.3) is 0 Å². The van der Waals surface area contributed by atoms with Crippen LogP contribution >= 0.6 is 11.6 Å². The molecule has 1 aromatic carbocycles. The zero-order valence-electron chi connectivity index (χ0n) is 10.0. The minimum atomic E-state index is -3.27. The maximum atomic E-state index is 11.4. The van der Waals surface area contributed by atoms with Crippen molar-refractivity contribution in [3.63, 3.8) is 0 Å². The van der Waals surface area contributed by atoms with Crippen molar-refractivity contribution in [2.24, 2.45) is 0 Å². The van der Waals surface area contributed by atoms with Gasteiger partial charge in [0.05, 0.1) is 22.6 Å². The van der Waals surface area contributed by atoms with Gasteiger partial charge in [-0.1, -0.05) is 11.6 Å². The molecule has 96 valence electrons. The van der Waals surface area contributed by atoms with E-state index in [1.54, 1.807) is 19.1 Å². The van der Waals surface area contributed by atoms with Crippen LogP contribution in [0.3, 0.4) is 0 Å². The SMILES string of the molecule is CCS(=O)(=O)Nc1ccc(OC(C)C)c(Cl)c1. The van der Waals surface area contributed by atoms with Crippen molar-refractivity contribution in [2.75, 3.05) is 10.5 Å². The summed E-state index contributed by atoms with van der Waals surface area (Å²) in [5.74, 6) is 0.565. The van der Waals surface area contributed by atoms with E-state index in [4.69, 9.17) is 16.3 Å². The van der Waals surface area contributed by atoms with E-state index in [0.29, 0.717) is 16.5 Å². The number of halogens is 1. The van der Waals surface area contributed by atoms with Crippen LogP contribution < -0.4 is 9.46 Å². The molecular weight excluding hydrogens is 262 g/mol. The smallest absolute Gasteiger partial charge is 0.232 e. The number of anilines is 1. The Balaban J connectivity index is 2.89. The summed E-state index contributed by atoms with van der Waals surface area (Å²) in [6.07, 6.45) is 0.0192. The standard InChI is InChI=1S/C11H16ClNO3S/c1-4-17(14,15)13-9-5-6-11(10(12)7-9)16-8(2)3/h5-8,13H,4H2,1-3H3. The lowest BCUT2D eigenvalue weighted by Gasteiger charge is -2.12. The summed E-state index contributed by atoms with van der Waals surface area (Å²) < 4.78 is 30.6. The summed E-state index contributed by atoms with van der Waals surface area (Å²) in [6, 6.07) is 4.80. The molecule has 17 heavy (non-hydrogen) atoms. The van der Waals surface area contributed by atoms with Gasteiger partial charge in [-0.25, -0.2) is 8.42 Å². The van der Waals surface area contributed by atoms with Gasteiger partial charge in [-0.15, -0.1) is 0 Å². The molecule has 0 aliphatic rings. The first-order valence-electron chi connectivity index (χ1n) is 5.30. The molecule has 0 aromatic heterocycles. The molecule has 0 spiro atoms. The molecule has 0 amide bonds. The van der Waals surface area contributed by atoms with Crippen LogP contribution in [0.5, 0.6) is 5.75 Å². The zero-order chi connectivity index (χ0) is 13.1. The number of ether oxygens (including phenoxy) is 1. The van der Waals surface area contributed by atoms with Gasteiger partial charge >= 0.3 is 0 Å². The van der Waals surface area contributed by atoms with Crippen LogP contribution in [0, 0.1) is 0 Å². The first kappa shape index (κ1) is 14.1. The van der Waals surface area contributed by atoms with Gasteiger partial charge < -0.3 is 4.74 Å². The molecule has 0 unspecified atom stereocenters. The zero-order valence-corrected chi connectivity index (χ0v) is 11.6. The fourth-order valence-corrected chi connectivity index (χ4v) is 2.02. The van der Waals surface area contributed by atoms with Crippen LogP contribution in [-0.2, 0) is 10.0 Å². The molecule has 0 bridgehead atoms. The third-order valence-electron chi connectivity index (χ3n) is 1.95. The number of benzene rings is 1. The van der Waals surface area contributed by atoms with Gasteiger partial charge in [-0.05, 0) is 39.0 Å². The fraction of sp³-hybridized carbons (Fsp3) is 0.455. The van der Waals surface area contributed by atoms with Crippen molar-refractivity contribution < 1.29 is 13.2 Å². The Bertz CT molecular complexity index is 485. The van der Waals surface area contributed by atoms with Gasteiger partial charge in [0, 0.05) is 0 Å². The Morgan fingerprint density at radius 2 is 2.06 bits per heavy atom. The van der Waals surface area contributed by atoms with Crippen LogP contribution in [-0.4, -0.2) is 20.3 Å². The Hall–Kier alpha value is -0.940. The number of sulfonamides is 1. The highest BCUT2D eigenvalue weighted by Gasteiger charge is 2.09. The highest BCUT2D eigenvalue weighted by molar-refractivity contribution is 7.92. The molecule has 0 saturated carbocycles. The molecule has 0 radical (unpaired) electrons. The predicted molar refractivity (Wildman–Crippen MR) is 70.3 cm³/mol. The van der Waals surface area contributed by atoms with E-state index in [2.05, 4.69) is 4.72 Å². The molecule has 0 fully saturated rings. The van der Waals surface area contributed by atoms with Gasteiger partial charge in [-0.3, -0.25) is 4.72 Å². The summed E-state index contributed by atoms with van der Waals surface area (Å²) >= 11 is 5.99. The molecular formula is C11H16ClNO3S. The molecule has 6 heteroatoms. The second-order valence-corrected chi connectivity index (χ2v) is 6.24. The minimum Gasteiger partial charge on any atom is -0.489 e. The lowest BCUT2D eigenvalue weighted by atomic mass is 10.3. The Morgan fingerprint density at radius 1 is 1.41 bits per heavy atom. The molecule has 0 aliphatic heterocycles. The van der Waals surface area contributed by atoms with Gasteiger partial charge in [0.2, 0.25) is 10.0 Å². The highest BCUT2D eigenvalue weighted by atomic mass is 35.5. The van der Waals surface area contributed by atoms with Crippen molar-refractivity contribution in [1.82, 2.24) is 0 Å². The second-order valence-electron chi connectivity index (χ2n) is 3.82. The van der Waals surface area contributed by atoms with Crippen LogP contribution in [0.25, 0.3) is 0 Å².